The molecule has 7 heteroatoms. The number of aromatic nitrogens is 3. The number of carbonyl (C=O) groups excluding carboxylic acids is 1. The van der Waals surface area contributed by atoms with Crippen molar-refractivity contribution >= 4 is 22.5 Å². The number of nitrogens with one attached hydrogen (secondary N) is 1. The van der Waals surface area contributed by atoms with Gasteiger partial charge in [0, 0.05) is 55.8 Å². The number of halogens is 1. The van der Waals surface area contributed by atoms with Gasteiger partial charge in [0.2, 0.25) is 5.91 Å². The lowest BCUT2D eigenvalue weighted by Gasteiger charge is -2.34. The van der Waals surface area contributed by atoms with E-state index in [-0.39, 0.29) is 17.6 Å². The van der Waals surface area contributed by atoms with Crippen LogP contribution in [0.15, 0.2) is 49.2 Å². The molecule has 4 rings (SSSR count). The van der Waals surface area contributed by atoms with Crippen molar-refractivity contribution < 1.29 is 9.18 Å². The van der Waals surface area contributed by atoms with E-state index in [1.165, 1.54) is 12.1 Å². The first-order valence-corrected chi connectivity index (χ1v) is 9.73. The summed E-state index contributed by atoms with van der Waals surface area (Å²) in [6.45, 7) is 2.99. The van der Waals surface area contributed by atoms with Crippen LogP contribution in [0.1, 0.15) is 19.3 Å². The lowest BCUT2D eigenvalue weighted by atomic mass is 9.96. The number of carbonyl (C=O) groups is 1. The van der Waals surface area contributed by atoms with E-state index in [0.717, 1.165) is 48.9 Å². The van der Waals surface area contributed by atoms with Crippen LogP contribution in [0.25, 0.3) is 10.9 Å². The minimum absolute atomic E-state index is 0.0567. The highest BCUT2D eigenvalue weighted by Crippen LogP contribution is 2.29. The molecule has 3 aromatic rings. The maximum absolute atomic E-state index is 13.7. The number of amides is 1. The maximum Gasteiger partial charge on any atom is 0.224 e. The van der Waals surface area contributed by atoms with Gasteiger partial charge in [0.05, 0.1) is 17.8 Å². The van der Waals surface area contributed by atoms with Crippen LogP contribution in [0.5, 0.6) is 0 Å². The van der Waals surface area contributed by atoms with Crippen molar-refractivity contribution in [2.45, 2.75) is 25.8 Å². The average Bonchev–Trinajstić information content (AvgIpc) is 3.24. The van der Waals surface area contributed by atoms with Gasteiger partial charge >= 0.3 is 0 Å². The Morgan fingerprint density at radius 1 is 1.29 bits per heavy atom. The Morgan fingerprint density at radius 2 is 2.21 bits per heavy atom. The van der Waals surface area contributed by atoms with Crippen LogP contribution < -0.4 is 10.2 Å². The molecule has 0 bridgehead atoms. The summed E-state index contributed by atoms with van der Waals surface area (Å²) in [5, 5.41) is 3.86. The molecule has 1 aliphatic heterocycles. The molecule has 1 unspecified atom stereocenters. The molecule has 146 valence electrons. The summed E-state index contributed by atoms with van der Waals surface area (Å²) < 4.78 is 15.7. The zero-order valence-electron chi connectivity index (χ0n) is 15.7. The van der Waals surface area contributed by atoms with Gasteiger partial charge in [-0.3, -0.25) is 9.78 Å². The summed E-state index contributed by atoms with van der Waals surface area (Å²) in [6, 6.07) is 6.56. The van der Waals surface area contributed by atoms with Crippen molar-refractivity contribution in [3.05, 3.63) is 55.0 Å². The van der Waals surface area contributed by atoms with E-state index in [2.05, 4.69) is 20.2 Å². The highest BCUT2D eigenvalue weighted by atomic mass is 19.1. The van der Waals surface area contributed by atoms with Crippen molar-refractivity contribution in [1.29, 1.82) is 0 Å². The number of hydrogen-bond donors (Lipinski definition) is 1. The predicted octanol–water partition coefficient (Wildman–Crippen LogP) is 2.99. The Hall–Kier alpha value is -2.96. The molecule has 1 fully saturated rings. The fourth-order valence-corrected chi connectivity index (χ4v) is 3.83. The summed E-state index contributed by atoms with van der Waals surface area (Å²) in [6.07, 6.45) is 9.88. The minimum Gasteiger partial charge on any atom is -0.370 e. The van der Waals surface area contributed by atoms with Gasteiger partial charge in [-0.05, 0) is 43.5 Å². The first-order valence-electron chi connectivity index (χ1n) is 9.73. The number of pyridine rings is 1. The number of aryl methyl sites for hydroxylation is 1. The molecule has 1 saturated heterocycles. The molecule has 1 aromatic carbocycles. The van der Waals surface area contributed by atoms with Gasteiger partial charge in [0.15, 0.2) is 0 Å². The number of fused-ring (bicyclic) bond motifs is 1. The number of piperidine rings is 1. The molecule has 1 aliphatic rings. The molecule has 28 heavy (non-hydrogen) atoms. The van der Waals surface area contributed by atoms with Gasteiger partial charge in [-0.15, -0.1) is 0 Å². The molecule has 0 radical (unpaired) electrons. The first kappa shape index (κ1) is 18.4. The van der Waals surface area contributed by atoms with Gasteiger partial charge in [-0.2, -0.15) is 0 Å². The lowest BCUT2D eigenvalue weighted by Crippen LogP contribution is -2.43. The fraction of sp³-hybridized carbons (Fsp3) is 0.381. The van der Waals surface area contributed by atoms with Crippen LogP contribution in [0.2, 0.25) is 0 Å². The van der Waals surface area contributed by atoms with E-state index in [0.29, 0.717) is 13.1 Å². The van der Waals surface area contributed by atoms with Crippen LogP contribution in [-0.2, 0) is 11.3 Å². The van der Waals surface area contributed by atoms with Gasteiger partial charge in [0.1, 0.15) is 5.82 Å². The highest BCUT2D eigenvalue weighted by Gasteiger charge is 2.26. The largest absolute Gasteiger partial charge is 0.370 e. The zero-order valence-corrected chi connectivity index (χ0v) is 15.7. The number of rotatable bonds is 6. The smallest absolute Gasteiger partial charge is 0.224 e. The third-order valence-corrected chi connectivity index (χ3v) is 5.26. The summed E-state index contributed by atoms with van der Waals surface area (Å²) in [7, 11) is 0. The SMILES string of the molecule is O=C(NCCCn1ccnc1)C1CCCN(c2ccnc3ccc(F)cc23)C1. The summed E-state index contributed by atoms with van der Waals surface area (Å²) in [4.78, 5) is 23.1. The Balaban J connectivity index is 1.37. The van der Waals surface area contributed by atoms with Crippen LogP contribution in [-0.4, -0.2) is 40.1 Å². The standard InChI is InChI=1S/C21H24FN5O/c22-17-4-5-19-18(13-17)20(6-8-24-19)27-11-1-3-16(14-27)21(28)25-7-2-10-26-12-9-23-15-26/h4-6,8-9,12-13,15-16H,1-3,7,10-11,14H2,(H,25,28). The number of hydrogen-bond acceptors (Lipinski definition) is 4. The van der Waals surface area contributed by atoms with Gasteiger partial charge < -0.3 is 14.8 Å². The van der Waals surface area contributed by atoms with E-state index in [1.807, 2.05) is 16.8 Å². The van der Waals surface area contributed by atoms with Gasteiger partial charge in [0.25, 0.3) is 0 Å². The molecule has 1 atom stereocenters. The normalized spacial score (nSPS) is 17.0. The average molecular weight is 381 g/mol. The topological polar surface area (TPSA) is 63.1 Å². The second-order valence-electron chi connectivity index (χ2n) is 7.22. The molecular formula is C21H24FN5O. The minimum atomic E-state index is -0.272. The zero-order chi connectivity index (χ0) is 19.3. The van der Waals surface area contributed by atoms with E-state index < -0.39 is 0 Å². The molecular weight excluding hydrogens is 357 g/mol. The van der Waals surface area contributed by atoms with Crippen molar-refractivity contribution in [3.8, 4) is 0 Å². The van der Waals surface area contributed by atoms with E-state index in [4.69, 9.17) is 0 Å². The second-order valence-corrected chi connectivity index (χ2v) is 7.22. The summed E-state index contributed by atoms with van der Waals surface area (Å²) in [5.74, 6) is -0.232. The van der Waals surface area contributed by atoms with Gasteiger partial charge in [-0.1, -0.05) is 0 Å². The molecule has 3 heterocycles. The lowest BCUT2D eigenvalue weighted by molar-refractivity contribution is -0.125. The van der Waals surface area contributed by atoms with E-state index >= 15 is 0 Å². The van der Waals surface area contributed by atoms with Crippen molar-refractivity contribution in [3.63, 3.8) is 0 Å². The third kappa shape index (κ3) is 4.13. The number of anilines is 1. The Bertz CT molecular complexity index is 943. The molecule has 0 aliphatic carbocycles. The Labute approximate surface area is 163 Å². The van der Waals surface area contributed by atoms with E-state index in [1.54, 1.807) is 24.8 Å². The van der Waals surface area contributed by atoms with Crippen LogP contribution in [0.3, 0.4) is 0 Å². The number of imidazole rings is 1. The quantitative estimate of drug-likeness (QED) is 0.667. The maximum atomic E-state index is 13.7. The second kappa shape index (κ2) is 8.37. The summed E-state index contributed by atoms with van der Waals surface area (Å²) >= 11 is 0. The Morgan fingerprint density at radius 3 is 3.07 bits per heavy atom. The number of nitrogens with zero attached hydrogens (tertiary/aromatic N) is 4. The van der Waals surface area contributed by atoms with Crippen molar-refractivity contribution in [2.75, 3.05) is 24.5 Å². The van der Waals surface area contributed by atoms with E-state index in [9.17, 15) is 9.18 Å². The fourth-order valence-electron chi connectivity index (χ4n) is 3.83. The highest BCUT2D eigenvalue weighted by molar-refractivity contribution is 5.92. The third-order valence-electron chi connectivity index (χ3n) is 5.26. The monoisotopic (exact) mass is 381 g/mol. The summed E-state index contributed by atoms with van der Waals surface area (Å²) in [5.41, 5.74) is 1.71. The van der Waals surface area contributed by atoms with Crippen LogP contribution >= 0.6 is 0 Å². The molecule has 2 aromatic heterocycles. The molecule has 1 amide bonds. The number of benzene rings is 1. The predicted molar refractivity (Wildman–Crippen MR) is 106 cm³/mol. The first-order chi connectivity index (χ1) is 13.7. The molecule has 0 saturated carbocycles. The van der Waals surface area contributed by atoms with Crippen LogP contribution in [0.4, 0.5) is 10.1 Å². The molecule has 1 N–H and O–H groups in total. The Kier molecular flexibility index (Phi) is 5.50. The molecule has 0 spiro atoms. The van der Waals surface area contributed by atoms with Gasteiger partial charge in [-0.25, -0.2) is 9.37 Å². The van der Waals surface area contributed by atoms with Crippen molar-refractivity contribution in [2.24, 2.45) is 5.92 Å². The van der Waals surface area contributed by atoms with Crippen molar-refractivity contribution in [1.82, 2.24) is 19.9 Å². The molecule has 6 nitrogen and oxygen atoms in total. The van der Waals surface area contributed by atoms with Crippen LogP contribution in [0, 0.1) is 11.7 Å².